The van der Waals surface area contributed by atoms with E-state index >= 15 is 0 Å². The molecule has 7 heteroatoms. The van der Waals surface area contributed by atoms with Gasteiger partial charge >= 0.3 is 5.69 Å². The molecule has 0 bridgehead atoms. The van der Waals surface area contributed by atoms with Gasteiger partial charge in [-0.1, -0.05) is 12.1 Å². The van der Waals surface area contributed by atoms with Crippen LogP contribution in [0.15, 0.2) is 33.9 Å². The minimum Gasteiger partial charge on any atom is -0.332 e. The molecule has 0 saturated carbocycles. The van der Waals surface area contributed by atoms with Gasteiger partial charge in [-0.05, 0) is 34.7 Å². The van der Waals surface area contributed by atoms with Crippen molar-refractivity contribution in [2.45, 2.75) is 0 Å². The van der Waals surface area contributed by atoms with E-state index in [9.17, 15) is 9.59 Å². The fourth-order valence-corrected chi connectivity index (χ4v) is 2.21. The zero-order valence-corrected chi connectivity index (χ0v) is 12.1. The van der Waals surface area contributed by atoms with Crippen molar-refractivity contribution < 1.29 is 0 Å². The number of hydrogen-bond acceptors (Lipinski definition) is 3. The minimum atomic E-state index is -0.474. The molecule has 0 atom stereocenters. The van der Waals surface area contributed by atoms with Crippen LogP contribution in [0, 0.1) is 3.57 Å². The Labute approximate surface area is 120 Å². The number of imidazole rings is 1. The van der Waals surface area contributed by atoms with E-state index in [2.05, 4.69) is 37.5 Å². The lowest BCUT2D eigenvalue weighted by Crippen LogP contribution is -2.28. The average molecular weight is 368 g/mol. The zero-order valence-electron chi connectivity index (χ0n) is 9.90. The van der Waals surface area contributed by atoms with Crippen LogP contribution >= 0.6 is 22.6 Å². The Morgan fingerprint density at radius 1 is 1.16 bits per heavy atom. The number of halogens is 1. The first-order valence-corrected chi connectivity index (χ1v) is 6.59. The molecule has 0 amide bonds. The van der Waals surface area contributed by atoms with Crippen molar-refractivity contribution in [1.82, 2.24) is 19.5 Å². The summed E-state index contributed by atoms with van der Waals surface area (Å²) in [4.78, 5) is 32.7. The number of aromatic nitrogens is 4. The van der Waals surface area contributed by atoms with Crippen LogP contribution in [0.25, 0.3) is 22.6 Å². The largest absolute Gasteiger partial charge is 0.332 e. The molecule has 0 radical (unpaired) electrons. The van der Waals surface area contributed by atoms with Crippen LogP contribution in [0.1, 0.15) is 0 Å². The Morgan fingerprint density at radius 2 is 1.84 bits per heavy atom. The number of rotatable bonds is 1. The van der Waals surface area contributed by atoms with Gasteiger partial charge in [0, 0.05) is 16.2 Å². The smallest absolute Gasteiger partial charge is 0.329 e. The van der Waals surface area contributed by atoms with Gasteiger partial charge in [0.1, 0.15) is 11.3 Å². The van der Waals surface area contributed by atoms with Crippen LogP contribution in [0.4, 0.5) is 0 Å². The number of nitrogens with one attached hydrogen (secondary N) is 2. The standard InChI is InChI=1S/C12H9IN4O2/c1-17-10-8(11(18)16-12(17)19)14-9(15-10)6-2-4-7(13)5-3-6/h2-5H,1H3,(H,14,15)(H,16,18,19). The van der Waals surface area contributed by atoms with E-state index in [0.29, 0.717) is 17.0 Å². The number of H-pyrrole nitrogens is 2. The molecular formula is C12H9IN4O2. The first kappa shape index (κ1) is 12.2. The second kappa shape index (κ2) is 4.34. The van der Waals surface area contributed by atoms with E-state index in [0.717, 1.165) is 9.13 Å². The average Bonchev–Trinajstić information content (AvgIpc) is 2.83. The number of fused-ring (bicyclic) bond motifs is 1. The monoisotopic (exact) mass is 368 g/mol. The first-order valence-electron chi connectivity index (χ1n) is 5.51. The van der Waals surface area contributed by atoms with Gasteiger partial charge in [0.15, 0.2) is 5.65 Å². The summed E-state index contributed by atoms with van der Waals surface area (Å²) >= 11 is 2.21. The van der Waals surface area contributed by atoms with Crippen molar-refractivity contribution in [3.8, 4) is 11.4 Å². The SMILES string of the molecule is Cn1c(=O)[nH]c(=O)c2[nH]c(-c3ccc(I)cc3)nc21. The fraction of sp³-hybridized carbons (Fsp3) is 0.0833. The quantitative estimate of drug-likeness (QED) is 0.634. The van der Waals surface area contributed by atoms with Crippen LogP contribution in [0.3, 0.4) is 0 Å². The predicted molar refractivity (Wildman–Crippen MR) is 80.1 cm³/mol. The molecule has 0 unspecified atom stereocenters. The third-order valence-electron chi connectivity index (χ3n) is 2.87. The van der Waals surface area contributed by atoms with Gasteiger partial charge in [-0.25, -0.2) is 9.78 Å². The van der Waals surface area contributed by atoms with Crippen molar-refractivity contribution >= 4 is 33.8 Å². The lowest BCUT2D eigenvalue weighted by Gasteiger charge is -1.96. The molecule has 0 spiro atoms. The summed E-state index contributed by atoms with van der Waals surface area (Å²) in [7, 11) is 1.57. The summed E-state index contributed by atoms with van der Waals surface area (Å²) < 4.78 is 2.42. The highest BCUT2D eigenvalue weighted by molar-refractivity contribution is 14.1. The third-order valence-corrected chi connectivity index (χ3v) is 3.59. The minimum absolute atomic E-state index is 0.302. The molecule has 3 aromatic rings. The van der Waals surface area contributed by atoms with E-state index in [-0.39, 0.29) is 0 Å². The van der Waals surface area contributed by atoms with Crippen LogP contribution in [0.5, 0.6) is 0 Å². The Balaban J connectivity index is 2.30. The number of benzene rings is 1. The van der Waals surface area contributed by atoms with E-state index in [1.807, 2.05) is 24.3 Å². The number of nitrogens with zero attached hydrogens (tertiary/aromatic N) is 2. The maximum atomic E-state index is 11.7. The summed E-state index contributed by atoms with van der Waals surface area (Å²) in [6, 6.07) is 7.72. The summed E-state index contributed by atoms with van der Waals surface area (Å²) in [5, 5.41) is 0. The lowest BCUT2D eigenvalue weighted by atomic mass is 10.2. The Morgan fingerprint density at radius 3 is 2.53 bits per heavy atom. The number of aromatic amines is 2. The topological polar surface area (TPSA) is 83.5 Å². The van der Waals surface area contributed by atoms with Gasteiger partial charge in [0.2, 0.25) is 0 Å². The molecule has 3 rings (SSSR count). The highest BCUT2D eigenvalue weighted by atomic mass is 127. The highest BCUT2D eigenvalue weighted by Gasteiger charge is 2.11. The van der Waals surface area contributed by atoms with Crippen LogP contribution in [-0.2, 0) is 7.05 Å². The van der Waals surface area contributed by atoms with Gasteiger partial charge in [0.25, 0.3) is 5.56 Å². The van der Waals surface area contributed by atoms with Crippen LogP contribution in [0.2, 0.25) is 0 Å². The Bertz CT molecular complexity index is 873. The lowest BCUT2D eigenvalue weighted by molar-refractivity contribution is 0.832. The van der Waals surface area contributed by atoms with Crippen LogP contribution in [-0.4, -0.2) is 19.5 Å². The summed E-state index contributed by atoms with van der Waals surface area (Å²) in [6.45, 7) is 0. The molecule has 96 valence electrons. The predicted octanol–water partition coefficient (Wildman–Crippen LogP) is 1.22. The molecule has 1 aromatic carbocycles. The van der Waals surface area contributed by atoms with Crippen molar-refractivity contribution in [2.75, 3.05) is 0 Å². The second-order valence-electron chi connectivity index (χ2n) is 4.11. The third kappa shape index (κ3) is 1.99. The normalized spacial score (nSPS) is 11.1. The molecule has 0 aliphatic heterocycles. The van der Waals surface area contributed by atoms with Crippen molar-refractivity contribution in [3.05, 3.63) is 48.7 Å². The summed E-state index contributed by atoms with van der Waals surface area (Å²) in [6.07, 6.45) is 0. The van der Waals surface area contributed by atoms with Gasteiger partial charge < -0.3 is 4.98 Å². The maximum Gasteiger partial charge on any atom is 0.329 e. The van der Waals surface area contributed by atoms with Crippen LogP contribution < -0.4 is 11.2 Å². The van der Waals surface area contributed by atoms with E-state index in [1.54, 1.807) is 7.05 Å². The molecule has 2 heterocycles. The molecule has 19 heavy (non-hydrogen) atoms. The van der Waals surface area contributed by atoms with Gasteiger partial charge in [0.05, 0.1) is 0 Å². The molecule has 6 nitrogen and oxygen atoms in total. The number of aryl methyl sites for hydroxylation is 1. The van der Waals surface area contributed by atoms with Crippen molar-refractivity contribution in [2.24, 2.45) is 7.05 Å². The Kier molecular flexibility index (Phi) is 2.77. The van der Waals surface area contributed by atoms with Gasteiger partial charge in [-0.2, -0.15) is 0 Å². The first-order chi connectivity index (χ1) is 9.06. The van der Waals surface area contributed by atoms with Gasteiger partial charge in [-0.3, -0.25) is 14.3 Å². The molecule has 0 aliphatic rings. The maximum absolute atomic E-state index is 11.7. The molecule has 2 N–H and O–H groups in total. The molecule has 0 fully saturated rings. The zero-order chi connectivity index (χ0) is 13.6. The van der Waals surface area contributed by atoms with Gasteiger partial charge in [-0.15, -0.1) is 0 Å². The number of hydrogen-bond donors (Lipinski definition) is 2. The van der Waals surface area contributed by atoms with E-state index < -0.39 is 11.2 Å². The Hall–Kier alpha value is -1.90. The van der Waals surface area contributed by atoms with Crippen molar-refractivity contribution in [3.63, 3.8) is 0 Å². The second-order valence-corrected chi connectivity index (χ2v) is 5.35. The molecule has 0 saturated heterocycles. The highest BCUT2D eigenvalue weighted by Crippen LogP contribution is 2.18. The fourth-order valence-electron chi connectivity index (χ4n) is 1.85. The van der Waals surface area contributed by atoms with Crippen molar-refractivity contribution in [1.29, 1.82) is 0 Å². The summed E-state index contributed by atoms with van der Waals surface area (Å²) in [5.74, 6) is 0.568. The molecule has 0 aliphatic carbocycles. The molecule has 2 aromatic heterocycles. The molecular weight excluding hydrogens is 359 g/mol. The van der Waals surface area contributed by atoms with E-state index in [1.165, 1.54) is 4.57 Å². The van der Waals surface area contributed by atoms with E-state index in [4.69, 9.17) is 0 Å². The summed E-state index contributed by atoms with van der Waals surface area (Å²) in [5.41, 5.74) is 0.585.